The van der Waals surface area contributed by atoms with Crippen molar-refractivity contribution in [2.45, 2.75) is 6.54 Å². The van der Waals surface area contributed by atoms with E-state index in [1.165, 1.54) is 12.3 Å². The molecule has 18 heavy (non-hydrogen) atoms. The maximum absolute atomic E-state index is 13.5. The van der Waals surface area contributed by atoms with E-state index in [0.29, 0.717) is 11.0 Å². The summed E-state index contributed by atoms with van der Waals surface area (Å²) in [4.78, 5) is 4.06. The summed E-state index contributed by atoms with van der Waals surface area (Å²) in [5.74, 6) is -0.645. The molecular weight excluding hydrogens is 327 g/mol. The average Bonchev–Trinajstić information content (AvgIpc) is 2.63. The lowest BCUT2D eigenvalue weighted by molar-refractivity contribution is 0.580. The van der Waals surface area contributed by atoms with Crippen molar-refractivity contribution >= 4 is 33.2 Å². The van der Waals surface area contributed by atoms with Crippen LogP contribution in [-0.4, -0.2) is 9.55 Å². The van der Waals surface area contributed by atoms with Gasteiger partial charge in [-0.3, -0.25) is 0 Å². The Labute approximate surface area is 116 Å². The van der Waals surface area contributed by atoms with Gasteiger partial charge in [0.2, 0.25) is 0 Å². The summed E-state index contributed by atoms with van der Waals surface area (Å²) in [6, 6.07) is 2.16. The number of aromatic nitrogens is 2. The molecule has 1 aromatic carbocycles. The number of rotatable bonds is 3. The number of nitrogens with one attached hydrogen (secondary N) is 1. The van der Waals surface area contributed by atoms with Gasteiger partial charge < -0.3 is 9.88 Å². The number of anilines is 1. The molecule has 1 heterocycles. The van der Waals surface area contributed by atoms with E-state index in [-0.39, 0.29) is 16.7 Å². The second kappa shape index (κ2) is 5.24. The highest BCUT2D eigenvalue weighted by Crippen LogP contribution is 2.24. The van der Waals surface area contributed by atoms with E-state index in [2.05, 4.69) is 26.2 Å². The van der Waals surface area contributed by atoms with E-state index in [9.17, 15) is 8.78 Å². The van der Waals surface area contributed by atoms with Crippen LogP contribution in [0.1, 0.15) is 5.82 Å². The monoisotopic (exact) mass is 335 g/mol. The van der Waals surface area contributed by atoms with Gasteiger partial charge in [0.1, 0.15) is 22.6 Å². The highest BCUT2D eigenvalue weighted by Gasteiger charge is 2.09. The Kier molecular flexibility index (Phi) is 3.87. The van der Waals surface area contributed by atoms with Crippen molar-refractivity contribution in [3.05, 3.63) is 45.4 Å². The molecule has 7 heteroatoms. The summed E-state index contributed by atoms with van der Waals surface area (Å²) in [6.07, 6.45) is 1.51. The van der Waals surface area contributed by atoms with Crippen LogP contribution in [0.15, 0.2) is 22.8 Å². The highest BCUT2D eigenvalue weighted by molar-refractivity contribution is 9.10. The lowest BCUT2D eigenvalue weighted by Crippen LogP contribution is -2.07. The Morgan fingerprint density at radius 2 is 2.11 bits per heavy atom. The molecule has 1 N–H and O–H groups in total. The zero-order chi connectivity index (χ0) is 13.3. The summed E-state index contributed by atoms with van der Waals surface area (Å²) >= 11 is 8.83. The molecule has 0 atom stereocenters. The summed E-state index contributed by atoms with van der Waals surface area (Å²) < 4.78 is 28.4. The Hall–Kier alpha value is -1.14. The Morgan fingerprint density at radius 1 is 1.39 bits per heavy atom. The second-order valence-corrected chi connectivity index (χ2v) is 4.90. The molecule has 3 nitrogen and oxygen atoms in total. The lowest BCUT2D eigenvalue weighted by atomic mass is 10.3. The van der Waals surface area contributed by atoms with Crippen LogP contribution in [0.4, 0.5) is 14.5 Å². The van der Waals surface area contributed by atoms with Crippen molar-refractivity contribution in [3.63, 3.8) is 0 Å². The maximum Gasteiger partial charge on any atom is 0.149 e. The van der Waals surface area contributed by atoms with Crippen molar-refractivity contribution in [1.29, 1.82) is 0 Å². The molecule has 0 saturated carbocycles. The molecule has 0 bridgehead atoms. The van der Waals surface area contributed by atoms with Crippen LogP contribution in [0.5, 0.6) is 0 Å². The van der Waals surface area contributed by atoms with Gasteiger partial charge in [-0.2, -0.15) is 0 Å². The molecule has 0 spiro atoms. The maximum atomic E-state index is 13.5. The van der Waals surface area contributed by atoms with Crippen LogP contribution in [-0.2, 0) is 13.6 Å². The van der Waals surface area contributed by atoms with Gasteiger partial charge in [-0.15, -0.1) is 0 Å². The number of halogens is 4. The van der Waals surface area contributed by atoms with Crippen LogP contribution in [0.25, 0.3) is 0 Å². The van der Waals surface area contributed by atoms with Gasteiger partial charge in [0, 0.05) is 13.1 Å². The third-order valence-electron chi connectivity index (χ3n) is 2.47. The second-order valence-electron chi connectivity index (χ2n) is 3.66. The summed E-state index contributed by atoms with van der Waals surface area (Å²) in [7, 11) is 1.75. The summed E-state index contributed by atoms with van der Waals surface area (Å²) in [5, 5.41) is 3.33. The summed E-state index contributed by atoms with van der Waals surface area (Å²) in [6.45, 7) is 0.290. The van der Waals surface area contributed by atoms with Gasteiger partial charge in [0.25, 0.3) is 0 Å². The van der Waals surface area contributed by atoms with E-state index in [0.717, 1.165) is 6.07 Å². The van der Waals surface area contributed by atoms with Crippen LogP contribution in [0, 0.1) is 11.6 Å². The molecule has 0 amide bonds. The summed E-state index contributed by atoms with van der Waals surface area (Å²) in [5.41, 5.74) is 0.197. The quantitative estimate of drug-likeness (QED) is 0.866. The molecule has 1 aromatic heterocycles. The Balaban J connectivity index is 2.16. The van der Waals surface area contributed by atoms with Crippen LogP contribution < -0.4 is 5.32 Å². The minimum Gasteiger partial charge on any atom is -0.375 e. The molecule has 0 aliphatic carbocycles. The van der Waals surface area contributed by atoms with Crippen molar-refractivity contribution < 1.29 is 8.78 Å². The fourth-order valence-corrected chi connectivity index (χ4v) is 1.91. The van der Waals surface area contributed by atoms with Gasteiger partial charge in [0.05, 0.1) is 22.9 Å². The average molecular weight is 337 g/mol. The van der Waals surface area contributed by atoms with Gasteiger partial charge >= 0.3 is 0 Å². The van der Waals surface area contributed by atoms with E-state index in [1.807, 2.05) is 0 Å². The van der Waals surface area contributed by atoms with E-state index in [4.69, 9.17) is 11.6 Å². The van der Waals surface area contributed by atoms with Crippen molar-refractivity contribution in [1.82, 2.24) is 9.55 Å². The number of benzene rings is 1. The van der Waals surface area contributed by atoms with E-state index in [1.54, 1.807) is 11.6 Å². The molecular formula is C11H9BrClF2N3. The first kappa shape index (κ1) is 13.3. The number of nitrogens with zero attached hydrogens (tertiary/aromatic N) is 2. The molecule has 0 unspecified atom stereocenters. The fourth-order valence-electron chi connectivity index (χ4n) is 1.42. The highest BCUT2D eigenvalue weighted by atomic mass is 79.9. The largest absolute Gasteiger partial charge is 0.375 e. The Bertz CT molecular complexity index is 586. The molecule has 0 aliphatic rings. The number of imidazole rings is 1. The number of hydrogen-bond donors (Lipinski definition) is 1. The molecule has 2 rings (SSSR count). The lowest BCUT2D eigenvalue weighted by Gasteiger charge is -2.08. The Morgan fingerprint density at radius 3 is 2.72 bits per heavy atom. The predicted octanol–water partition coefficient (Wildman–Crippen LogP) is 3.73. The van der Waals surface area contributed by atoms with Crippen LogP contribution in [0.3, 0.4) is 0 Å². The standard InChI is InChI=1S/C11H9BrClF2N3/c1-18-10(13)4-17-11(18)5-16-9-2-6(12)7(14)3-8(9)15/h2-4,16H,5H2,1H3. The van der Waals surface area contributed by atoms with Gasteiger partial charge in [-0.25, -0.2) is 13.8 Å². The third kappa shape index (κ3) is 2.64. The van der Waals surface area contributed by atoms with Crippen molar-refractivity contribution in [2.75, 3.05) is 5.32 Å². The number of hydrogen-bond acceptors (Lipinski definition) is 2. The topological polar surface area (TPSA) is 29.9 Å². The predicted molar refractivity (Wildman–Crippen MR) is 69.6 cm³/mol. The molecule has 96 valence electrons. The zero-order valence-corrected chi connectivity index (χ0v) is 11.7. The zero-order valence-electron chi connectivity index (χ0n) is 9.35. The third-order valence-corrected chi connectivity index (χ3v) is 3.43. The minimum atomic E-state index is -0.656. The van der Waals surface area contributed by atoms with E-state index < -0.39 is 11.6 Å². The minimum absolute atomic E-state index is 0.197. The van der Waals surface area contributed by atoms with Gasteiger partial charge in [0.15, 0.2) is 0 Å². The molecule has 0 fully saturated rings. The van der Waals surface area contributed by atoms with Gasteiger partial charge in [-0.05, 0) is 22.0 Å². The van der Waals surface area contributed by atoms with Crippen molar-refractivity contribution in [2.24, 2.45) is 7.05 Å². The SMILES string of the molecule is Cn1c(Cl)cnc1CNc1cc(Br)c(F)cc1F. The van der Waals surface area contributed by atoms with Crippen LogP contribution in [0.2, 0.25) is 5.15 Å². The molecule has 0 saturated heterocycles. The first-order valence-electron chi connectivity index (χ1n) is 5.03. The molecule has 2 aromatic rings. The molecule has 0 aliphatic heterocycles. The smallest absolute Gasteiger partial charge is 0.149 e. The van der Waals surface area contributed by atoms with Crippen LogP contribution >= 0.6 is 27.5 Å². The fraction of sp³-hybridized carbons (Fsp3) is 0.182. The van der Waals surface area contributed by atoms with Crippen molar-refractivity contribution in [3.8, 4) is 0 Å². The van der Waals surface area contributed by atoms with Gasteiger partial charge in [-0.1, -0.05) is 11.6 Å². The molecule has 0 radical (unpaired) electrons. The van der Waals surface area contributed by atoms with E-state index >= 15 is 0 Å². The normalized spacial score (nSPS) is 10.7. The first-order valence-corrected chi connectivity index (χ1v) is 6.20. The first-order chi connectivity index (χ1) is 8.49.